The number of urea groups is 1. The number of hydrazine groups is 1. The van der Waals surface area contributed by atoms with E-state index in [1.165, 1.54) is 11.3 Å². The molecule has 0 saturated heterocycles. The molecule has 0 aliphatic rings. The van der Waals surface area contributed by atoms with Crippen LogP contribution in [0.2, 0.25) is 5.02 Å². The van der Waals surface area contributed by atoms with Crippen LogP contribution < -0.4 is 15.8 Å². The number of halogens is 1. The standard InChI is InChI=1S/C21H21ClN4O2S/c1-3-12-23-20(28)26(25-19(27)16-6-4-14(2)5-7-16)21-24-18(13-29-21)15-8-10-17(22)11-9-15/h4-11,13H,3,12H2,1-2H3,(H,23,28)(H,25,27). The number of carbonyl (C=O) groups is 2. The van der Waals surface area contributed by atoms with Crippen LogP contribution in [0.25, 0.3) is 11.3 Å². The van der Waals surface area contributed by atoms with E-state index in [0.717, 1.165) is 22.6 Å². The van der Waals surface area contributed by atoms with Crippen LogP contribution in [0.3, 0.4) is 0 Å². The number of rotatable bonds is 5. The number of nitrogens with one attached hydrogen (secondary N) is 2. The lowest BCUT2D eigenvalue weighted by Gasteiger charge is -2.21. The first kappa shape index (κ1) is 20.8. The Morgan fingerprint density at radius 1 is 1.10 bits per heavy atom. The fourth-order valence-corrected chi connectivity index (χ4v) is 3.40. The van der Waals surface area contributed by atoms with Crippen LogP contribution in [-0.2, 0) is 0 Å². The van der Waals surface area contributed by atoms with Crippen LogP contribution in [0.15, 0.2) is 53.9 Å². The highest BCUT2D eigenvalue weighted by Gasteiger charge is 2.22. The lowest BCUT2D eigenvalue weighted by Crippen LogP contribution is -2.51. The van der Waals surface area contributed by atoms with Crippen molar-refractivity contribution < 1.29 is 9.59 Å². The van der Waals surface area contributed by atoms with Gasteiger partial charge in [0.1, 0.15) is 0 Å². The molecule has 3 rings (SSSR count). The Labute approximate surface area is 178 Å². The molecular weight excluding hydrogens is 408 g/mol. The number of aromatic nitrogens is 1. The molecule has 3 amide bonds. The summed E-state index contributed by atoms with van der Waals surface area (Å²) in [6.45, 7) is 4.39. The van der Waals surface area contributed by atoms with Crippen LogP contribution in [0, 0.1) is 6.92 Å². The number of anilines is 1. The van der Waals surface area contributed by atoms with Gasteiger partial charge >= 0.3 is 6.03 Å². The smallest absolute Gasteiger partial charge is 0.336 e. The number of carbonyl (C=O) groups excluding carboxylic acids is 2. The Kier molecular flexibility index (Phi) is 6.85. The fraction of sp³-hybridized carbons (Fsp3) is 0.190. The molecule has 0 bridgehead atoms. The summed E-state index contributed by atoms with van der Waals surface area (Å²) in [6.07, 6.45) is 0.777. The number of aryl methyl sites for hydroxylation is 1. The van der Waals surface area contributed by atoms with E-state index < -0.39 is 6.03 Å². The third-order valence-electron chi connectivity index (χ3n) is 4.08. The summed E-state index contributed by atoms with van der Waals surface area (Å²) < 4.78 is 0. The molecule has 2 aromatic carbocycles. The molecule has 6 nitrogen and oxygen atoms in total. The van der Waals surface area contributed by atoms with Crippen molar-refractivity contribution in [3.8, 4) is 11.3 Å². The van der Waals surface area contributed by atoms with Crippen molar-refractivity contribution in [3.63, 3.8) is 0 Å². The molecule has 0 radical (unpaired) electrons. The number of hydrogen-bond acceptors (Lipinski definition) is 4. The first-order valence-electron chi connectivity index (χ1n) is 9.15. The Hall–Kier alpha value is -2.90. The van der Waals surface area contributed by atoms with Gasteiger partial charge in [0.15, 0.2) is 0 Å². The SMILES string of the molecule is CCCNC(=O)N(NC(=O)c1ccc(C)cc1)c1nc(-c2ccc(Cl)cc2)cs1. The highest BCUT2D eigenvalue weighted by molar-refractivity contribution is 7.14. The summed E-state index contributed by atoms with van der Waals surface area (Å²) in [5.41, 5.74) is 5.73. The average molecular weight is 429 g/mol. The van der Waals surface area contributed by atoms with E-state index in [1.54, 1.807) is 24.3 Å². The second kappa shape index (κ2) is 9.54. The zero-order chi connectivity index (χ0) is 20.8. The topological polar surface area (TPSA) is 74.3 Å². The van der Waals surface area contributed by atoms with Crippen molar-refractivity contribution in [1.82, 2.24) is 15.7 Å². The van der Waals surface area contributed by atoms with Crippen molar-refractivity contribution in [3.05, 3.63) is 70.1 Å². The van der Waals surface area contributed by atoms with Gasteiger partial charge in [0.2, 0.25) is 5.13 Å². The number of hydrogen-bond donors (Lipinski definition) is 2. The Balaban J connectivity index is 1.85. The van der Waals surface area contributed by atoms with E-state index in [1.807, 2.05) is 43.5 Å². The lowest BCUT2D eigenvalue weighted by atomic mass is 10.1. The van der Waals surface area contributed by atoms with Crippen LogP contribution in [0.4, 0.5) is 9.93 Å². The Morgan fingerprint density at radius 3 is 2.45 bits per heavy atom. The van der Waals surface area contributed by atoms with Gasteiger partial charge < -0.3 is 5.32 Å². The summed E-state index contributed by atoms with van der Waals surface area (Å²) >= 11 is 7.21. The zero-order valence-corrected chi connectivity index (χ0v) is 17.7. The minimum absolute atomic E-state index is 0.365. The van der Waals surface area contributed by atoms with Gasteiger partial charge in [-0.25, -0.2) is 9.78 Å². The van der Waals surface area contributed by atoms with Crippen LogP contribution >= 0.6 is 22.9 Å². The maximum atomic E-state index is 12.7. The summed E-state index contributed by atoms with van der Waals surface area (Å²) in [5, 5.41) is 6.76. The molecule has 0 fully saturated rings. The van der Waals surface area contributed by atoms with Gasteiger partial charge in [-0.1, -0.05) is 48.4 Å². The molecule has 150 valence electrons. The Morgan fingerprint density at radius 2 is 1.79 bits per heavy atom. The van der Waals surface area contributed by atoms with Gasteiger partial charge in [0, 0.05) is 28.1 Å². The molecule has 0 unspecified atom stereocenters. The summed E-state index contributed by atoms with van der Waals surface area (Å²) in [4.78, 5) is 29.9. The maximum Gasteiger partial charge on any atom is 0.343 e. The second-order valence-corrected chi connectivity index (χ2v) is 7.67. The van der Waals surface area contributed by atoms with Crippen molar-refractivity contribution in [2.45, 2.75) is 20.3 Å². The van der Waals surface area contributed by atoms with Gasteiger partial charge in [0.25, 0.3) is 5.91 Å². The van der Waals surface area contributed by atoms with E-state index in [2.05, 4.69) is 15.7 Å². The first-order valence-corrected chi connectivity index (χ1v) is 10.4. The number of amides is 3. The Bertz CT molecular complexity index is 987. The average Bonchev–Trinajstić information content (AvgIpc) is 3.21. The maximum absolute atomic E-state index is 12.7. The van der Waals surface area contributed by atoms with Crippen molar-refractivity contribution >= 4 is 40.0 Å². The largest absolute Gasteiger partial charge is 0.343 e. The fourth-order valence-electron chi connectivity index (χ4n) is 2.49. The van der Waals surface area contributed by atoms with Gasteiger partial charge in [-0.2, -0.15) is 5.01 Å². The van der Waals surface area contributed by atoms with Gasteiger partial charge in [-0.05, 0) is 37.6 Å². The number of thiazole rings is 1. The van der Waals surface area contributed by atoms with Crippen LogP contribution in [0.1, 0.15) is 29.3 Å². The molecule has 0 aliphatic carbocycles. The number of benzene rings is 2. The minimum atomic E-state index is -0.440. The summed E-state index contributed by atoms with van der Waals surface area (Å²) in [5.74, 6) is -0.389. The predicted octanol–water partition coefficient (Wildman–Crippen LogP) is 5.04. The molecule has 2 N–H and O–H groups in total. The molecule has 29 heavy (non-hydrogen) atoms. The van der Waals surface area contributed by atoms with Gasteiger partial charge in [0.05, 0.1) is 5.69 Å². The molecule has 1 heterocycles. The third-order valence-corrected chi connectivity index (χ3v) is 5.16. The molecular formula is C21H21ClN4O2S. The van der Waals surface area contributed by atoms with Gasteiger partial charge in [-0.15, -0.1) is 11.3 Å². The highest BCUT2D eigenvalue weighted by Crippen LogP contribution is 2.28. The predicted molar refractivity (Wildman–Crippen MR) is 117 cm³/mol. The molecule has 1 aromatic heterocycles. The van der Waals surface area contributed by atoms with E-state index in [4.69, 9.17) is 11.6 Å². The normalized spacial score (nSPS) is 10.4. The summed E-state index contributed by atoms with van der Waals surface area (Å²) in [7, 11) is 0. The first-order chi connectivity index (χ1) is 14.0. The van der Waals surface area contributed by atoms with Crippen LogP contribution in [0.5, 0.6) is 0 Å². The van der Waals surface area contributed by atoms with Crippen LogP contribution in [-0.4, -0.2) is 23.5 Å². The summed E-state index contributed by atoms with van der Waals surface area (Å²) in [6, 6.07) is 13.9. The van der Waals surface area contributed by atoms with Gasteiger partial charge in [-0.3, -0.25) is 10.2 Å². The second-order valence-electron chi connectivity index (χ2n) is 6.40. The zero-order valence-electron chi connectivity index (χ0n) is 16.1. The van der Waals surface area contributed by atoms with Crippen molar-refractivity contribution in [1.29, 1.82) is 0 Å². The molecule has 0 aliphatic heterocycles. The number of nitrogens with zero attached hydrogens (tertiary/aromatic N) is 2. The van der Waals surface area contributed by atoms with E-state index >= 15 is 0 Å². The van der Waals surface area contributed by atoms with E-state index in [0.29, 0.717) is 28.0 Å². The van der Waals surface area contributed by atoms with Crippen molar-refractivity contribution in [2.75, 3.05) is 11.6 Å². The minimum Gasteiger partial charge on any atom is -0.336 e. The molecule has 0 spiro atoms. The quantitative estimate of drug-likeness (QED) is 0.559. The lowest BCUT2D eigenvalue weighted by molar-refractivity contribution is 0.0950. The molecule has 3 aromatic rings. The van der Waals surface area contributed by atoms with Crippen molar-refractivity contribution in [2.24, 2.45) is 0 Å². The monoisotopic (exact) mass is 428 g/mol. The van der Waals surface area contributed by atoms with E-state index in [9.17, 15) is 9.59 Å². The molecule has 0 saturated carbocycles. The molecule has 0 atom stereocenters. The third kappa shape index (κ3) is 5.34. The van der Waals surface area contributed by atoms with E-state index in [-0.39, 0.29) is 5.91 Å². The highest BCUT2D eigenvalue weighted by atomic mass is 35.5. The molecule has 8 heteroatoms.